The molecule has 0 unspecified atom stereocenters. The molecular weight excluding hydrogens is 403 g/mol. The third-order valence-corrected chi connectivity index (χ3v) is 5.25. The molecule has 4 nitrogen and oxygen atoms in total. The normalized spacial score (nSPS) is 16.2. The second-order valence-electron chi connectivity index (χ2n) is 7.45. The van der Waals surface area contributed by atoms with Crippen LogP contribution in [0.15, 0.2) is 66.9 Å². The van der Waals surface area contributed by atoms with Crippen LogP contribution in [-0.2, 0) is 12.6 Å². The predicted octanol–water partition coefficient (Wildman–Crippen LogP) is 5.90. The van der Waals surface area contributed by atoms with E-state index in [1.165, 1.54) is 11.6 Å². The Hall–Kier alpha value is -3.53. The van der Waals surface area contributed by atoms with E-state index in [1.54, 1.807) is 0 Å². The van der Waals surface area contributed by atoms with Crippen molar-refractivity contribution in [3.8, 4) is 5.88 Å². The Bertz CT molecular complexity index is 1080. The molecule has 0 N–H and O–H groups in total. The number of rotatable bonds is 5. The van der Waals surface area contributed by atoms with Gasteiger partial charge in [0.1, 0.15) is 6.10 Å². The number of nitrogens with zero attached hydrogens (tertiary/aromatic N) is 3. The number of aromatic nitrogens is 1. The lowest BCUT2D eigenvalue weighted by molar-refractivity contribution is -0.137. The van der Waals surface area contributed by atoms with Gasteiger partial charge < -0.3 is 9.64 Å². The van der Waals surface area contributed by atoms with Gasteiger partial charge >= 0.3 is 6.18 Å². The van der Waals surface area contributed by atoms with Gasteiger partial charge in [-0.15, -0.1) is 0 Å². The summed E-state index contributed by atoms with van der Waals surface area (Å²) in [6, 6.07) is 18.2. The first-order chi connectivity index (χ1) is 14.9. The van der Waals surface area contributed by atoms with Crippen molar-refractivity contribution in [2.75, 3.05) is 18.0 Å². The van der Waals surface area contributed by atoms with E-state index in [2.05, 4.69) is 26.9 Å². The van der Waals surface area contributed by atoms with E-state index in [0.29, 0.717) is 25.2 Å². The van der Waals surface area contributed by atoms with Crippen LogP contribution in [0.25, 0.3) is 4.85 Å². The number of pyridine rings is 1. The van der Waals surface area contributed by atoms with E-state index in [-0.39, 0.29) is 12.0 Å². The van der Waals surface area contributed by atoms with Crippen molar-refractivity contribution in [2.24, 2.45) is 0 Å². The molecule has 3 aromatic rings. The molecule has 4 rings (SSSR count). The summed E-state index contributed by atoms with van der Waals surface area (Å²) in [7, 11) is 0. The number of halogens is 3. The zero-order chi connectivity index (χ0) is 21.8. The van der Waals surface area contributed by atoms with Gasteiger partial charge in [-0.3, -0.25) is 0 Å². The van der Waals surface area contributed by atoms with Gasteiger partial charge in [-0.1, -0.05) is 48.0 Å². The van der Waals surface area contributed by atoms with Crippen molar-refractivity contribution in [1.82, 2.24) is 4.98 Å². The molecule has 1 fully saturated rings. The lowest BCUT2D eigenvalue weighted by Gasteiger charge is -2.21. The van der Waals surface area contributed by atoms with Crippen LogP contribution in [0.1, 0.15) is 23.1 Å². The molecule has 1 aliphatic rings. The second-order valence-corrected chi connectivity index (χ2v) is 7.45. The lowest BCUT2D eigenvalue weighted by atomic mass is 10.0. The van der Waals surface area contributed by atoms with E-state index >= 15 is 0 Å². The van der Waals surface area contributed by atoms with Gasteiger partial charge in [0, 0.05) is 30.9 Å². The van der Waals surface area contributed by atoms with Crippen LogP contribution in [0.3, 0.4) is 0 Å². The number of ether oxygens (including phenoxy) is 1. The standard InChI is InChI=1S/C24H20F3N3O/c1-28-21-14-18(13-17-5-3-2-4-6-17)7-9-22(21)30-12-11-20(16-30)31-23-10-8-19(15-29-23)24(25,26)27/h2-10,14-15,20H,11-13,16H2/t20-/m0/s1. The molecule has 0 aliphatic carbocycles. The summed E-state index contributed by atoms with van der Waals surface area (Å²) in [5.41, 5.74) is 2.89. The van der Waals surface area contributed by atoms with Crippen molar-refractivity contribution in [3.63, 3.8) is 0 Å². The molecule has 1 aromatic heterocycles. The average molecular weight is 423 g/mol. The molecule has 0 amide bonds. The molecule has 31 heavy (non-hydrogen) atoms. The molecule has 158 valence electrons. The highest BCUT2D eigenvalue weighted by atomic mass is 19.4. The van der Waals surface area contributed by atoms with Crippen molar-refractivity contribution < 1.29 is 17.9 Å². The van der Waals surface area contributed by atoms with Crippen LogP contribution in [-0.4, -0.2) is 24.2 Å². The van der Waals surface area contributed by atoms with Crippen LogP contribution in [0.4, 0.5) is 24.5 Å². The average Bonchev–Trinajstić information content (AvgIpc) is 3.22. The minimum atomic E-state index is -4.42. The molecule has 0 bridgehead atoms. The first-order valence-electron chi connectivity index (χ1n) is 9.91. The fraction of sp³-hybridized carbons (Fsp3) is 0.250. The van der Waals surface area contributed by atoms with Gasteiger partial charge in [-0.2, -0.15) is 13.2 Å². The zero-order valence-corrected chi connectivity index (χ0v) is 16.6. The molecule has 2 aromatic carbocycles. The third kappa shape index (κ3) is 4.97. The molecule has 0 spiro atoms. The van der Waals surface area contributed by atoms with Crippen molar-refractivity contribution in [2.45, 2.75) is 25.1 Å². The molecule has 1 aliphatic heterocycles. The number of anilines is 1. The maximum atomic E-state index is 12.7. The minimum Gasteiger partial charge on any atom is -0.472 e. The highest BCUT2D eigenvalue weighted by Crippen LogP contribution is 2.34. The van der Waals surface area contributed by atoms with E-state index in [4.69, 9.17) is 11.3 Å². The lowest BCUT2D eigenvalue weighted by Crippen LogP contribution is -2.24. The van der Waals surface area contributed by atoms with E-state index in [1.807, 2.05) is 36.4 Å². The zero-order valence-electron chi connectivity index (χ0n) is 16.6. The van der Waals surface area contributed by atoms with Crippen molar-refractivity contribution in [3.05, 3.63) is 95.0 Å². The Balaban J connectivity index is 1.42. The first kappa shape index (κ1) is 20.7. The Morgan fingerprint density at radius 2 is 1.87 bits per heavy atom. The summed E-state index contributed by atoms with van der Waals surface area (Å²) in [6.45, 7) is 8.84. The summed E-state index contributed by atoms with van der Waals surface area (Å²) >= 11 is 0. The Kier molecular flexibility index (Phi) is 5.81. The van der Waals surface area contributed by atoms with E-state index in [0.717, 1.165) is 29.9 Å². The molecule has 7 heteroatoms. The highest BCUT2D eigenvalue weighted by molar-refractivity contribution is 5.72. The molecule has 0 radical (unpaired) electrons. The second kappa shape index (κ2) is 8.68. The fourth-order valence-electron chi connectivity index (χ4n) is 3.70. The number of benzene rings is 2. The summed E-state index contributed by atoms with van der Waals surface area (Å²) < 4.78 is 43.8. The molecule has 1 saturated heterocycles. The van der Waals surface area contributed by atoms with Gasteiger partial charge in [0.2, 0.25) is 11.6 Å². The van der Waals surface area contributed by atoms with Crippen molar-refractivity contribution in [1.29, 1.82) is 0 Å². The number of alkyl halides is 3. The Labute approximate surface area is 178 Å². The van der Waals surface area contributed by atoms with Crippen LogP contribution >= 0.6 is 0 Å². The summed E-state index contributed by atoms with van der Waals surface area (Å²) in [6.07, 6.45) is -2.38. The molecular formula is C24H20F3N3O. The smallest absolute Gasteiger partial charge is 0.417 e. The van der Waals surface area contributed by atoms with Crippen LogP contribution in [0.5, 0.6) is 5.88 Å². The molecule has 2 heterocycles. The van der Waals surface area contributed by atoms with Gasteiger partial charge in [0.05, 0.1) is 18.7 Å². The third-order valence-electron chi connectivity index (χ3n) is 5.25. The van der Waals surface area contributed by atoms with Crippen molar-refractivity contribution >= 4 is 11.4 Å². The summed E-state index contributed by atoms with van der Waals surface area (Å²) in [5.74, 6) is 0.170. The Morgan fingerprint density at radius 1 is 1.06 bits per heavy atom. The van der Waals surface area contributed by atoms with Gasteiger partial charge in [-0.25, -0.2) is 9.83 Å². The highest BCUT2D eigenvalue weighted by Gasteiger charge is 2.31. The van der Waals surface area contributed by atoms with Gasteiger partial charge in [0.25, 0.3) is 0 Å². The first-order valence-corrected chi connectivity index (χ1v) is 9.91. The predicted molar refractivity (Wildman–Crippen MR) is 112 cm³/mol. The quantitative estimate of drug-likeness (QED) is 0.479. The summed E-state index contributed by atoms with van der Waals surface area (Å²) in [5, 5.41) is 0. The minimum absolute atomic E-state index is 0.170. The molecule has 1 atom stereocenters. The maximum Gasteiger partial charge on any atom is 0.417 e. The van der Waals surface area contributed by atoms with Crippen LogP contribution in [0.2, 0.25) is 0 Å². The fourth-order valence-corrected chi connectivity index (χ4v) is 3.70. The molecule has 0 saturated carbocycles. The maximum absolute atomic E-state index is 12.7. The van der Waals surface area contributed by atoms with Gasteiger partial charge in [-0.05, 0) is 24.1 Å². The summed E-state index contributed by atoms with van der Waals surface area (Å²) in [4.78, 5) is 9.57. The SMILES string of the molecule is [C-]#[N+]c1cc(Cc2ccccc2)ccc1N1CC[C@H](Oc2ccc(C(F)(F)F)cn2)C1. The monoisotopic (exact) mass is 423 g/mol. The number of hydrogen-bond donors (Lipinski definition) is 0. The topological polar surface area (TPSA) is 29.7 Å². The van der Waals surface area contributed by atoms with E-state index in [9.17, 15) is 13.2 Å². The Morgan fingerprint density at radius 3 is 2.55 bits per heavy atom. The van der Waals surface area contributed by atoms with Crippen LogP contribution < -0.4 is 9.64 Å². The number of hydrogen-bond acceptors (Lipinski definition) is 3. The largest absolute Gasteiger partial charge is 0.472 e. The van der Waals surface area contributed by atoms with E-state index < -0.39 is 11.7 Å². The van der Waals surface area contributed by atoms with Crippen LogP contribution in [0, 0.1) is 6.57 Å². The van der Waals surface area contributed by atoms with Gasteiger partial charge in [0.15, 0.2) is 0 Å².